The number of aryl methyl sites for hydroxylation is 1. The minimum absolute atomic E-state index is 0.0445. The summed E-state index contributed by atoms with van der Waals surface area (Å²) in [6.45, 7) is 0.906. The average Bonchev–Trinajstić information content (AvgIpc) is 3.41. The molecule has 0 unspecified atom stereocenters. The lowest BCUT2D eigenvalue weighted by Crippen LogP contribution is -2.37. The van der Waals surface area contributed by atoms with Gasteiger partial charge in [0.15, 0.2) is 0 Å². The first-order chi connectivity index (χ1) is 12.7. The van der Waals surface area contributed by atoms with Gasteiger partial charge in [-0.05, 0) is 24.8 Å². The number of nitrogens with zero attached hydrogens (tertiary/aromatic N) is 2. The van der Waals surface area contributed by atoms with Crippen LogP contribution >= 0.6 is 11.3 Å². The number of fused-ring (bicyclic) bond motifs is 2. The summed E-state index contributed by atoms with van der Waals surface area (Å²) >= 11 is 1.52. The van der Waals surface area contributed by atoms with Crippen molar-refractivity contribution in [2.75, 3.05) is 6.61 Å². The van der Waals surface area contributed by atoms with Gasteiger partial charge in [0, 0.05) is 24.0 Å². The highest BCUT2D eigenvalue weighted by molar-refractivity contribution is 7.09. The SMILES string of the molecule is O=C1O[C@]2(CCc3ccccc32)C(=O)N1Cc1csc([C@H]2CCCO2)n1. The molecule has 0 saturated carbocycles. The lowest BCUT2D eigenvalue weighted by atomic mass is 9.95. The second-order valence-electron chi connectivity index (χ2n) is 6.92. The quantitative estimate of drug-likeness (QED) is 0.829. The van der Waals surface area contributed by atoms with E-state index in [1.165, 1.54) is 16.2 Å². The first kappa shape index (κ1) is 16.0. The van der Waals surface area contributed by atoms with Gasteiger partial charge in [0.2, 0.25) is 5.60 Å². The van der Waals surface area contributed by atoms with Crippen LogP contribution in [0.1, 0.15) is 47.2 Å². The van der Waals surface area contributed by atoms with Crippen molar-refractivity contribution >= 4 is 23.3 Å². The molecule has 3 heterocycles. The molecular formula is C19H18N2O4S. The summed E-state index contributed by atoms with van der Waals surface area (Å²) in [6, 6.07) is 7.69. The van der Waals surface area contributed by atoms with Crippen molar-refractivity contribution in [2.24, 2.45) is 0 Å². The van der Waals surface area contributed by atoms with Gasteiger partial charge in [-0.15, -0.1) is 11.3 Å². The highest BCUT2D eigenvalue weighted by atomic mass is 32.1. The molecule has 0 radical (unpaired) electrons. The first-order valence-electron chi connectivity index (χ1n) is 8.86. The van der Waals surface area contributed by atoms with Crippen LogP contribution in [0.15, 0.2) is 29.6 Å². The summed E-state index contributed by atoms with van der Waals surface area (Å²) in [5.41, 5.74) is 1.44. The summed E-state index contributed by atoms with van der Waals surface area (Å²) in [6.07, 6.45) is 2.71. The maximum absolute atomic E-state index is 13.1. The molecule has 1 aromatic carbocycles. The zero-order valence-electron chi connectivity index (χ0n) is 14.1. The molecule has 3 aliphatic rings. The van der Waals surface area contributed by atoms with E-state index in [9.17, 15) is 9.59 Å². The van der Waals surface area contributed by atoms with Gasteiger partial charge < -0.3 is 9.47 Å². The van der Waals surface area contributed by atoms with Crippen molar-refractivity contribution in [3.05, 3.63) is 51.5 Å². The van der Waals surface area contributed by atoms with Crippen LogP contribution in [-0.4, -0.2) is 28.5 Å². The summed E-state index contributed by atoms with van der Waals surface area (Å²) in [7, 11) is 0. The first-order valence-corrected chi connectivity index (χ1v) is 9.74. The number of carbonyl (C=O) groups is 2. The number of benzene rings is 1. The van der Waals surface area contributed by atoms with Crippen molar-refractivity contribution in [1.82, 2.24) is 9.88 Å². The molecule has 2 saturated heterocycles. The smallest absolute Gasteiger partial charge is 0.418 e. The van der Waals surface area contributed by atoms with Crippen molar-refractivity contribution in [2.45, 2.75) is 43.9 Å². The van der Waals surface area contributed by atoms with Crippen molar-refractivity contribution in [3.63, 3.8) is 0 Å². The Balaban J connectivity index is 1.39. The predicted molar refractivity (Wildman–Crippen MR) is 93.5 cm³/mol. The maximum Gasteiger partial charge on any atom is 0.418 e. The number of aromatic nitrogens is 1. The molecule has 0 N–H and O–H groups in total. The fourth-order valence-electron chi connectivity index (χ4n) is 4.07. The summed E-state index contributed by atoms with van der Waals surface area (Å²) in [5.74, 6) is -0.279. The van der Waals surface area contributed by atoms with E-state index in [-0.39, 0.29) is 18.6 Å². The molecule has 6 nitrogen and oxygen atoms in total. The van der Waals surface area contributed by atoms with Crippen LogP contribution in [0.3, 0.4) is 0 Å². The summed E-state index contributed by atoms with van der Waals surface area (Å²) < 4.78 is 11.3. The van der Waals surface area contributed by atoms with Crippen LogP contribution in [0.25, 0.3) is 0 Å². The largest absolute Gasteiger partial charge is 0.427 e. The van der Waals surface area contributed by atoms with Crippen LogP contribution in [-0.2, 0) is 32.8 Å². The van der Waals surface area contributed by atoms with Crippen LogP contribution in [0, 0.1) is 0 Å². The molecule has 2 atom stereocenters. The fourth-order valence-corrected chi connectivity index (χ4v) is 4.96. The van der Waals surface area contributed by atoms with E-state index in [1.54, 1.807) is 0 Å². The van der Waals surface area contributed by atoms with Gasteiger partial charge in [0.25, 0.3) is 5.91 Å². The zero-order chi connectivity index (χ0) is 17.7. The summed E-state index contributed by atoms with van der Waals surface area (Å²) in [5, 5.41) is 2.81. The molecule has 7 heteroatoms. The fraction of sp³-hybridized carbons (Fsp3) is 0.421. The third-order valence-electron chi connectivity index (χ3n) is 5.37. The van der Waals surface area contributed by atoms with Gasteiger partial charge in [0.1, 0.15) is 11.1 Å². The number of hydrogen-bond acceptors (Lipinski definition) is 6. The third-order valence-corrected chi connectivity index (χ3v) is 6.35. The van der Waals surface area contributed by atoms with E-state index in [0.717, 1.165) is 42.0 Å². The molecule has 26 heavy (non-hydrogen) atoms. The Morgan fingerprint density at radius 1 is 1.31 bits per heavy atom. The lowest BCUT2D eigenvalue weighted by molar-refractivity contribution is -0.137. The van der Waals surface area contributed by atoms with Crippen molar-refractivity contribution in [1.29, 1.82) is 0 Å². The van der Waals surface area contributed by atoms with E-state index in [2.05, 4.69) is 4.98 Å². The van der Waals surface area contributed by atoms with E-state index in [4.69, 9.17) is 9.47 Å². The molecule has 1 spiro atoms. The zero-order valence-corrected chi connectivity index (χ0v) is 15.0. The number of imide groups is 1. The third kappa shape index (κ3) is 2.30. The molecule has 5 rings (SSSR count). The van der Waals surface area contributed by atoms with Crippen LogP contribution < -0.4 is 0 Å². The molecule has 2 aromatic rings. The highest BCUT2D eigenvalue weighted by Gasteiger charge is 2.57. The van der Waals surface area contributed by atoms with Crippen LogP contribution in [0.4, 0.5) is 4.79 Å². The maximum atomic E-state index is 13.1. The molecule has 2 amide bonds. The molecular weight excluding hydrogens is 352 g/mol. The van der Waals surface area contributed by atoms with E-state index in [0.29, 0.717) is 12.1 Å². The number of amides is 2. The topological polar surface area (TPSA) is 68.7 Å². The highest BCUT2D eigenvalue weighted by Crippen LogP contribution is 2.45. The van der Waals surface area contributed by atoms with Gasteiger partial charge in [-0.3, -0.25) is 4.79 Å². The number of thiazole rings is 1. The predicted octanol–water partition coefficient (Wildman–Crippen LogP) is 3.32. The van der Waals surface area contributed by atoms with Gasteiger partial charge in [-0.1, -0.05) is 24.3 Å². The minimum atomic E-state index is -1.15. The lowest BCUT2D eigenvalue weighted by Gasteiger charge is -2.20. The Labute approximate surface area is 154 Å². The molecule has 2 aliphatic heterocycles. The number of carbonyl (C=O) groups excluding carboxylic acids is 2. The summed E-state index contributed by atoms with van der Waals surface area (Å²) in [4.78, 5) is 31.3. The Kier molecular flexibility index (Phi) is 3.62. The van der Waals surface area contributed by atoms with Crippen LogP contribution in [0.2, 0.25) is 0 Å². The van der Waals surface area contributed by atoms with E-state index < -0.39 is 11.7 Å². The second-order valence-corrected chi connectivity index (χ2v) is 7.81. The Hall–Kier alpha value is -2.25. The number of rotatable bonds is 3. The standard InChI is InChI=1S/C19H18N2O4S/c22-17-19(8-7-12-4-1-2-5-14(12)19)25-18(23)21(17)10-13-11-26-16(20-13)15-6-3-9-24-15/h1-2,4-5,11,15H,3,6-10H2/t15-,19+/m1/s1. The molecule has 1 aliphatic carbocycles. The number of hydrogen-bond donors (Lipinski definition) is 0. The average molecular weight is 370 g/mol. The molecule has 2 fully saturated rings. The molecule has 0 bridgehead atoms. The monoisotopic (exact) mass is 370 g/mol. The van der Waals surface area contributed by atoms with E-state index >= 15 is 0 Å². The Morgan fingerprint density at radius 2 is 2.19 bits per heavy atom. The van der Waals surface area contributed by atoms with Crippen molar-refractivity contribution in [3.8, 4) is 0 Å². The molecule has 134 valence electrons. The van der Waals surface area contributed by atoms with Gasteiger partial charge in [-0.2, -0.15) is 0 Å². The second kappa shape index (κ2) is 5.89. The normalized spacial score (nSPS) is 27.4. The molecule has 1 aromatic heterocycles. The Bertz CT molecular complexity index is 889. The van der Waals surface area contributed by atoms with E-state index in [1.807, 2.05) is 29.6 Å². The van der Waals surface area contributed by atoms with Crippen LogP contribution in [0.5, 0.6) is 0 Å². The van der Waals surface area contributed by atoms with Gasteiger partial charge >= 0.3 is 6.09 Å². The van der Waals surface area contributed by atoms with Crippen molar-refractivity contribution < 1.29 is 19.1 Å². The number of ether oxygens (including phenoxy) is 2. The van der Waals surface area contributed by atoms with Gasteiger partial charge in [0.05, 0.1) is 12.2 Å². The minimum Gasteiger partial charge on any atom is -0.427 e. The Morgan fingerprint density at radius 3 is 3.04 bits per heavy atom. The van der Waals surface area contributed by atoms with Gasteiger partial charge in [-0.25, -0.2) is 14.7 Å².